The summed E-state index contributed by atoms with van der Waals surface area (Å²) in [4.78, 5) is 29.0. The molecule has 0 radical (unpaired) electrons. The molecule has 1 amide bonds. The number of likely N-dealkylation sites (tertiary alicyclic amines) is 1. The highest BCUT2D eigenvalue weighted by molar-refractivity contribution is 5.99. The number of rotatable bonds is 5. The fraction of sp³-hybridized carbons (Fsp3) is 0.448. The SMILES string of the molecule is Cn1cc(-c2cnn3c(Nc4ccc(C5=NCCCN5)cn4)cc(C4CCCN(C(=O)OC(C)(C)C)C4)nc23)cn1. The first-order chi connectivity index (χ1) is 19.7. The number of fused-ring (bicyclic) bond motifs is 1. The number of hydrogen-bond donors (Lipinski definition) is 2. The van der Waals surface area contributed by atoms with Crippen LogP contribution in [-0.2, 0) is 11.8 Å². The van der Waals surface area contributed by atoms with Crippen molar-refractivity contribution in [2.24, 2.45) is 12.0 Å². The van der Waals surface area contributed by atoms with Gasteiger partial charge in [0.25, 0.3) is 0 Å². The Morgan fingerprint density at radius 1 is 1.12 bits per heavy atom. The highest BCUT2D eigenvalue weighted by atomic mass is 16.6. The van der Waals surface area contributed by atoms with Gasteiger partial charge in [0, 0.05) is 74.3 Å². The van der Waals surface area contributed by atoms with Crippen LogP contribution in [0.3, 0.4) is 0 Å². The number of anilines is 2. The topological polar surface area (TPSA) is 127 Å². The molecule has 6 rings (SSSR count). The van der Waals surface area contributed by atoms with Crippen LogP contribution < -0.4 is 10.6 Å². The third-order valence-electron chi connectivity index (χ3n) is 7.19. The van der Waals surface area contributed by atoms with Gasteiger partial charge in [0.15, 0.2) is 5.65 Å². The molecule has 0 spiro atoms. The van der Waals surface area contributed by atoms with Gasteiger partial charge in [-0.1, -0.05) is 0 Å². The summed E-state index contributed by atoms with van der Waals surface area (Å²) in [6.45, 7) is 8.61. The minimum atomic E-state index is -0.545. The second kappa shape index (κ2) is 10.8. The zero-order valence-corrected chi connectivity index (χ0v) is 24.0. The summed E-state index contributed by atoms with van der Waals surface area (Å²) >= 11 is 0. The van der Waals surface area contributed by atoms with Gasteiger partial charge in [-0.15, -0.1) is 0 Å². The molecule has 12 heteroatoms. The van der Waals surface area contributed by atoms with Crippen molar-refractivity contribution >= 4 is 29.2 Å². The largest absolute Gasteiger partial charge is 0.444 e. The van der Waals surface area contributed by atoms with E-state index in [4.69, 9.17) is 9.72 Å². The molecule has 0 bridgehead atoms. The third-order valence-corrected chi connectivity index (χ3v) is 7.19. The molecule has 4 aromatic rings. The van der Waals surface area contributed by atoms with Crippen molar-refractivity contribution in [1.82, 2.24) is 39.6 Å². The standard InChI is InChI=1S/C29H36N10O2/c1-29(2,3)41-28(40)38-12-5-7-20(18-38)23-13-25(36-24-9-8-19(14-32-24)26-30-10-6-11-31-26)39-27(35-23)22(16-34-39)21-15-33-37(4)17-21/h8-9,13-17,20H,5-7,10-12,18H2,1-4H3,(H,30,31)(H,32,36). The van der Waals surface area contributed by atoms with Crippen LogP contribution in [0.2, 0.25) is 0 Å². The molecule has 0 saturated carbocycles. The third kappa shape index (κ3) is 5.86. The number of aromatic nitrogens is 6. The van der Waals surface area contributed by atoms with E-state index in [0.29, 0.717) is 24.6 Å². The molecule has 2 aliphatic rings. The average Bonchev–Trinajstić information content (AvgIpc) is 3.59. The molecular formula is C29H36N10O2. The Morgan fingerprint density at radius 2 is 2.00 bits per heavy atom. The number of aryl methyl sites for hydroxylation is 1. The molecule has 4 aromatic heterocycles. The molecule has 6 heterocycles. The van der Waals surface area contributed by atoms with Gasteiger partial charge in [-0.2, -0.15) is 14.7 Å². The van der Waals surface area contributed by atoms with E-state index in [1.807, 2.05) is 70.8 Å². The molecule has 1 fully saturated rings. The molecule has 1 atom stereocenters. The number of carbonyl (C=O) groups excluding carboxylic acids is 1. The van der Waals surface area contributed by atoms with Gasteiger partial charge >= 0.3 is 6.09 Å². The fourth-order valence-electron chi connectivity index (χ4n) is 5.22. The summed E-state index contributed by atoms with van der Waals surface area (Å²) in [5, 5.41) is 15.8. The predicted molar refractivity (Wildman–Crippen MR) is 157 cm³/mol. The fourth-order valence-corrected chi connectivity index (χ4v) is 5.22. The maximum atomic E-state index is 12.9. The molecule has 0 aliphatic carbocycles. The number of nitrogens with one attached hydrogen (secondary N) is 2. The van der Waals surface area contributed by atoms with Crippen LogP contribution in [0.15, 0.2) is 48.0 Å². The van der Waals surface area contributed by atoms with Gasteiger partial charge in [-0.3, -0.25) is 9.67 Å². The molecule has 1 saturated heterocycles. The van der Waals surface area contributed by atoms with Crippen molar-refractivity contribution in [3.05, 3.63) is 54.2 Å². The first kappa shape index (κ1) is 26.7. The normalized spacial score (nSPS) is 17.7. The van der Waals surface area contributed by atoms with E-state index in [0.717, 1.165) is 66.4 Å². The number of piperidine rings is 1. The number of pyridine rings is 1. The lowest BCUT2D eigenvalue weighted by molar-refractivity contribution is 0.0197. The molecule has 12 nitrogen and oxygen atoms in total. The van der Waals surface area contributed by atoms with E-state index < -0.39 is 5.60 Å². The van der Waals surface area contributed by atoms with Crippen LogP contribution in [-0.4, -0.2) is 78.0 Å². The second-order valence-corrected chi connectivity index (χ2v) is 11.6. The number of nitrogens with zero attached hydrogens (tertiary/aromatic N) is 8. The van der Waals surface area contributed by atoms with Crippen LogP contribution in [0, 0.1) is 0 Å². The minimum Gasteiger partial charge on any atom is -0.444 e. The summed E-state index contributed by atoms with van der Waals surface area (Å²) in [5.41, 5.74) is 3.82. The number of hydrogen-bond acceptors (Lipinski definition) is 9. The highest BCUT2D eigenvalue weighted by Gasteiger charge is 2.30. The average molecular weight is 557 g/mol. The number of carbonyl (C=O) groups is 1. The van der Waals surface area contributed by atoms with E-state index >= 15 is 0 Å². The van der Waals surface area contributed by atoms with Gasteiger partial charge in [0.05, 0.1) is 18.1 Å². The second-order valence-electron chi connectivity index (χ2n) is 11.6. The highest BCUT2D eigenvalue weighted by Crippen LogP contribution is 2.32. The zero-order chi connectivity index (χ0) is 28.6. The Morgan fingerprint density at radius 3 is 2.71 bits per heavy atom. The Balaban J connectivity index is 1.34. The Bertz CT molecular complexity index is 1580. The molecule has 1 unspecified atom stereocenters. The minimum absolute atomic E-state index is 0.0455. The molecule has 0 aromatic carbocycles. The molecule has 41 heavy (non-hydrogen) atoms. The Labute approximate surface area is 238 Å². The maximum Gasteiger partial charge on any atom is 0.410 e. The smallest absolute Gasteiger partial charge is 0.410 e. The van der Waals surface area contributed by atoms with E-state index in [1.165, 1.54) is 0 Å². The van der Waals surface area contributed by atoms with E-state index in [2.05, 4.69) is 30.8 Å². The summed E-state index contributed by atoms with van der Waals surface area (Å²) in [5.74, 6) is 2.34. The Kier molecular flexibility index (Phi) is 7.06. The lowest BCUT2D eigenvalue weighted by atomic mass is 9.94. The molecule has 214 valence electrons. The first-order valence-electron chi connectivity index (χ1n) is 14.1. The van der Waals surface area contributed by atoms with Crippen LogP contribution in [0.5, 0.6) is 0 Å². The number of amidine groups is 1. The summed E-state index contributed by atoms with van der Waals surface area (Å²) < 4.78 is 9.22. The van der Waals surface area contributed by atoms with Crippen molar-refractivity contribution in [3.8, 4) is 11.1 Å². The monoisotopic (exact) mass is 556 g/mol. The summed E-state index contributed by atoms with van der Waals surface area (Å²) in [6.07, 6.45) is 9.93. The first-order valence-corrected chi connectivity index (χ1v) is 14.1. The van der Waals surface area contributed by atoms with Crippen LogP contribution in [0.4, 0.5) is 16.4 Å². The lowest BCUT2D eigenvalue weighted by Gasteiger charge is -2.34. The van der Waals surface area contributed by atoms with Gasteiger partial charge in [-0.05, 0) is 52.2 Å². The van der Waals surface area contributed by atoms with Gasteiger partial charge in [-0.25, -0.2) is 14.8 Å². The van der Waals surface area contributed by atoms with Crippen molar-refractivity contribution in [2.75, 3.05) is 31.5 Å². The molecular weight excluding hydrogens is 520 g/mol. The van der Waals surface area contributed by atoms with Crippen molar-refractivity contribution in [1.29, 1.82) is 0 Å². The van der Waals surface area contributed by atoms with Crippen LogP contribution >= 0.6 is 0 Å². The molecule has 2 aliphatic heterocycles. The predicted octanol–water partition coefficient (Wildman–Crippen LogP) is 4.12. The summed E-state index contributed by atoms with van der Waals surface area (Å²) in [6, 6.07) is 5.96. The number of aliphatic imine (C=N–C) groups is 1. The van der Waals surface area contributed by atoms with E-state index in [1.54, 1.807) is 14.1 Å². The van der Waals surface area contributed by atoms with E-state index in [-0.39, 0.29) is 12.0 Å². The van der Waals surface area contributed by atoms with Crippen LogP contribution in [0.1, 0.15) is 57.2 Å². The maximum absolute atomic E-state index is 12.9. The van der Waals surface area contributed by atoms with Crippen molar-refractivity contribution in [3.63, 3.8) is 0 Å². The van der Waals surface area contributed by atoms with Crippen molar-refractivity contribution in [2.45, 2.75) is 51.6 Å². The molecule has 2 N–H and O–H groups in total. The van der Waals surface area contributed by atoms with Crippen molar-refractivity contribution < 1.29 is 9.53 Å². The Hall–Kier alpha value is -4.48. The van der Waals surface area contributed by atoms with Gasteiger partial charge < -0.3 is 20.3 Å². The lowest BCUT2D eigenvalue weighted by Crippen LogP contribution is -2.42. The van der Waals surface area contributed by atoms with Crippen LogP contribution in [0.25, 0.3) is 16.8 Å². The quantitative estimate of drug-likeness (QED) is 0.376. The van der Waals surface area contributed by atoms with Gasteiger partial charge in [0.1, 0.15) is 23.1 Å². The zero-order valence-electron chi connectivity index (χ0n) is 24.0. The van der Waals surface area contributed by atoms with E-state index in [9.17, 15) is 4.79 Å². The summed E-state index contributed by atoms with van der Waals surface area (Å²) in [7, 11) is 1.89. The number of ether oxygens (including phenoxy) is 1. The number of amides is 1. The van der Waals surface area contributed by atoms with Gasteiger partial charge in [0.2, 0.25) is 0 Å².